The molecule has 2 rings (SSSR count). The van der Waals surface area contributed by atoms with Crippen LogP contribution in [0.1, 0.15) is 25.7 Å². The molecule has 0 aromatic heterocycles. The number of nitrogens with zero attached hydrogens (tertiary/aromatic N) is 1. The molecule has 1 saturated heterocycles. The second kappa shape index (κ2) is 4.20. The van der Waals surface area contributed by atoms with Crippen LogP contribution in [0.2, 0.25) is 0 Å². The van der Waals surface area contributed by atoms with Gasteiger partial charge in [0.25, 0.3) is 0 Å². The number of nitrogens with one attached hydrogen (secondary N) is 1. The van der Waals surface area contributed by atoms with E-state index in [1.54, 1.807) is 0 Å². The van der Waals surface area contributed by atoms with Crippen molar-refractivity contribution in [3.05, 3.63) is 0 Å². The quantitative estimate of drug-likeness (QED) is 0.637. The van der Waals surface area contributed by atoms with Crippen LogP contribution in [-0.2, 0) is 4.79 Å². The standard InChI is InChI=1S/C10H18N2O/c13-10-4-2-1-3-9(10)12-7-5-11-6-8-12/h9,11H,1-8H2. The molecule has 0 aromatic carbocycles. The van der Waals surface area contributed by atoms with E-state index in [0.29, 0.717) is 5.78 Å². The first kappa shape index (κ1) is 9.16. The zero-order valence-electron chi connectivity index (χ0n) is 8.09. The second-order valence-electron chi connectivity index (χ2n) is 4.01. The fourth-order valence-corrected chi connectivity index (χ4v) is 2.34. The topological polar surface area (TPSA) is 32.3 Å². The predicted octanol–water partition coefficient (Wildman–Crippen LogP) is 0.403. The molecular weight excluding hydrogens is 164 g/mol. The third-order valence-electron chi connectivity index (χ3n) is 3.11. The van der Waals surface area contributed by atoms with Gasteiger partial charge in [0.2, 0.25) is 0 Å². The molecule has 1 aliphatic carbocycles. The van der Waals surface area contributed by atoms with Crippen LogP contribution in [0.15, 0.2) is 0 Å². The highest BCUT2D eigenvalue weighted by Crippen LogP contribution is 2.19. The number of rotatable bonds is 1. The van der Waals surface area contributed by atoms with Crippen LogP contribution in [0.4, 0.5) is 0 Å². The summed E-state index contributed by atoms with van der Waals surface area (Å²) in [5.74, 6) is 0.480. The molecule has 0 radical (unpaired) electrons. The van der Waals surface area contributed by atoms with E-state index >= 15 is 0 Å². The third-order valence-corrected chi connectivity index (χ3v) is 3.11. The molecule has 3 heteroatoms. The van der Waals surface area contributed by atoms with Crippen LogP contribution in [0.25, 0.3) is 0 Å². The van der Waals surface area contributed by atoms with E-state index in [9.17, 15) is 4.79 Å². The van der Waals surface area contributed by atoms with Crippen LogP contribution < -0.4 is 5.32 Å². The Labute approximate surface area is 79.5 Å². The summed E-state index contributed by atoms with van der Waals surface area (Å²) in [6.45, 7) is 4.19. The van der Waals surface area contributed by atoms with Gasteiger partial charge in [-0.1, -0.05) is 6.42 Å². The van der Waals surface area contributed by atoms with Gasteiger partial charge in [-0.25, -0.2) is 0 Å². The van der Waals surface area contributed by atoms with Gasteiger partial charge in [0.15, 0.2) is 0 Å². The SMILES string of the molecule is O=C1CCCCC1N1CCNCC1. The summed E-state index contributed by atoms with van der Waals surface area (Å²) in [5, 5.41) is 3.32. The summed E-state index contributed by atoms with van der Waals surface area (Å²) in [6, 6.07) is 0.260. The van der Waals surface area contributed by atoms with E-state index in [-0.39, 0.29) is 6.04 Å². The number of piperazine rings is 1. The van der Waals surface area contributed by atoms with Crippen molar-refractivity contribution in [3.63, 3.8) is 0 Å². The number of hydrogen-bond donors (Lipinski definition) is 1. The molecule has 0 spiro atoms. The normalized spacial score (nSPS) is 32.0. The van der Waals surface area contributed by atoms with Gasteiger partial charge in [-0.05, 0) is 12.8 Å². The van der Waals surface area contributed by atoms with Crippen LogP contribution >= 0.6 is 0 Å². The van der Waals surface area contributed by atoms with Gasteiger partial charge in [-0.15, -0.1) is 0 Å². The first-order chi connectivity index (χ1) is 6.38. The molecule has 1 aliphatic heterocycles. The first-order valence-corrected chi connectivity index (χ1v) is 5.35. The van der Waals surface area contributed by atoms with E-state index in [1.807, 2.05) is 0 Å². The Morgan fingerprint density at radius 2 is 2.00 bits per heavy atom. The van der Waals surface area contributed by atoms with E-state index in [4.69, 9.17) is 0 Å². The molecule has 0 aromatic rings. The molecule has 74 valence electrons. The van der Waals surface area contributed by atoms with E-state index < -0.39 is 0 Å². The van der Waals surface area contributed by atoms with Gasteiger partial charge < -0.3 is 5.32 Å². The van der Waals surface area contributed by atoms with Gasteiger partial charge in [0.1, 0.15) is 5.78 Å². The summed E-state index contributed by atoms with van der Waals surface area (Å²) < 4.78 is 0. The second-order valence-corrected chi connectivity index (χ2v) is 4.01. The van der Waals surface area contributed by atoms with Gasteiger partial charge in [0, 0.05) is 32.6 Å². The van der Waals surface area contributed by atoms with Gasteiger partial charge in [0.05, 0.1) is 6.04 Å². The average molecular weight is 182 g/mol. The monoisotopic (exact) mass is 182 g/mol. The fraction of sp³-hybridized carbons (Fsp3) is 0.900. The number of ketones is 1. The first-order valence-electron chi connectivity index (χ1n) is 5.35. The van der Waals surface area contributed by atoms with Crippen LogP contribution in [0.3, 0.4) is 0 Å². The minimum Gasteiger partial charge on any atom is -0.314 e. The molecule has 2 fully saturated rings. The zero-order chi connectivity index (χ0) is 9.10. The Morgan fingerprint density at radius 1 is 1.23 bits per heavy atom. The van der Waals surface area contributed by atoms with E-state index in [2.05, 4.69) is 10.2 Å². The van der Waals surface area contributed by atoms with Crippen LogP contribution in [0.5, 0.6) is 0 Å². The third kappa shape index (κ3) is 2.09. The number of Topliss-reactive ketones (excluding diaryl/α,β-unsaturated/α-hetero) is 1. The van der Waals surface area contributed by atoms with Crippen molar-refractivity contribution in [1.82, 2.24) is 10.2 Å². The Bertz CT molecular complexity index is 187. The maximum Gasteiger partial charge on any atom is 0.149 e. The average Bonchev–Trinajstić information content (AvgIpc) is 2.20. The summed E-state index contributed by atoms with van der Waals surface area (Å²) in [5.41, 5.74) is 0. The van der Waals surface area contributed by atoms with Gasteiger partial charge >= 0.3 is 0 Å². The maximum atomic E-state index is 11.6. The Kier molecular flexibility index (Phi) is 2.96. The summed E-state index contributed by atoms with van der Waals surface area (Å²) in [7, 11) is 0. The maximum absolute atomic E-state index is 11.6. The molecule has 0 amide bonds. The lowest BCUT2D eigenvalue weighted by molar-refractivity contribution is -0.126. The highest BCUT2D eigenvalue weighted by atomic mass is 16.1. The lowest BCUT2D eigenvalue weighted by Crippen LogP contribution is -2.51. The van der Waals surface area contributed by atoms with Crippen molar-refractivity contribution in [2.45, 2.75) is 31.7 Å². The van der Waals surface area contributed by atoms with Crippen molar-refractivity contribution in [3.8, 4) is 0 Å². The number of carbonyl (C=O) groups is 1. The molecule has 2 aliphatic rings. The Morgan fingerprint density at radius 3 is 2.69 bits per heavy atom. The van der Waals surface area contributed by atoms with Crippen LogP contribution in [0, 0.1) is 0 Å². The fourth-order valence-electron chi connectivity index (χ4n) is 2.34. The molecule has 13 heavy (non-hydrogen) atoms. The van der Waals surface area contributed by atoms with Crippen molar-refractivity contribution in [2.24, 2.45) is 0 Å². The molecule has 1 unspecified atom stereocenters. The molecule has 0 bridgehead atoms. The smallest absolute Gasteiger partial charge is 0.149 e. The van der Waals surface area contributed by atoms with E-state index in [0.717, 1.165) is 45.4 Å². The number of hydrogen-bond acceptors (Lipinski definition) is 3. The molecule has 1 saturated carbocycles. The minimum atomic E-state index is 0.260. The van der Waals surface area contributed by atoms with Crippen molar-refractivity contribution < 1.29 is 4.79 Å². The van der Waals surface area contributed by atoms with Crippen molar-refractivity contribution in [2.75, 3.05) is 26.2 Å². The van der Waals surface area contributed by atoms with Crippen molar-refractivity contribution >= 4 is 5.78 Å². The van der Waals surface area contributed by atoms with Crippen molar-refractivity contribution in [1.29, 1.82) is 0 Å². The van der Waals surface area contributed by atoms with Crippen LogP contribution in [-0.4, -0.2) is 42.9 Å². The molecular formula is C10H18N2O. The van der Waals surface area contributed by atoms with Gasteiger partial charge in [-0.3, -0.25) is 9.69 Å². The Hall–Kier alpha value is -0.410. The van der Waals surface area contributed by atoms with E-state index in [1.165, 1.54) is 6.42 Å². The Balaban J connectivity index is 1.92. The zero-order valence-corrected chi connectivity index (χ0v) is 8.09. The predicted molar refractivity (Wildman–Crippen MR) is 51.7 cm³/mol. The molecule has 3 nitrogen and oxygen atoms in total. The lowest BCUT2D eigenvalue weighted by atomic mass is 9.92. The highest BCUT2D eigenvalue weighted by molar-refractivity contribution is 5.84. The summed E-state index contributed by atoms with van der Waals surface area (Å²) in [6.07, 6.45) is 4.26. The summed E-state index contributed by atoms with van der Waals surface area (Å²) in [4.78, 5) is 14.0. The summed E-state index contributed by atoms with van der Waals surface area (Å²) >= 11 is 0. The lowest BCUT2D eigenvalue weighted by Gasteiger charge is -2.35. The number of carbonyl (C=O) groups excluding carboxylic acids is 1. The minimum absolute atomic E-state index is 0.260. The molecule has 1 N–H and O–H groups in total. The largest absolute Gasteiger partial charge is 0.314 e. The molecule has 1 atom stereocenters. The molecule has 1 heterocycles. The van der Waals surface area contributed by atoms with Gasteiger partial charge in [-0.2, -0.15) is 0 Å². The highest BCUT2D eigenvalue weighted by Gasteiger charge is 2.28.